The van der Waals surface area contributed by atoms with Gasteiger partial charge in [0.05, 0.1) is 17.5 Å². The van der Waals surface area contributed by atoms with E-state index in [1.165, 1.54) is 54.6 Å². The van der Waals surface area contributed by atoms with Gasteiger partial charge in [-0.3, -0.25) is 14.7 Å². The van der Waals surface area contributed by atoms with Crippen LogP contribution in [0.1, 0.15) is 100 Å². The van der Waals surface area contributed by atoms with Crippen LogP contribution in [0.15, 0.2) is 77.8 Å². The number of nitrogens with one attached hydrogen (secondary N) is 2. The monoisotopic (exact) mass is 748 g/mol. The summed E-state index contributed by atoms with van der Waals surface area (Å²) < 4.78 is 97.4. The van der Waals surface area contributed by atoms with Crippen LogP contribution in [-0.2, 0) is 15.6 Å². The van der Waals surface area contributed by atoms with Crippen molar-refractivity contribution in [2.24, 2.45) is 4.99 Å². The van der Waals surface area contributed by atoms with E-state index < -0.39 is 29.1 Å². The zero-order valence-electron chi connectivity index (χ0n) is 31.2. The summed E-state index contributed by atoms with van der Waals surface area (Å²) in [5, 5.41) is 5.97. The number of hydrogen-bond donors (Lipinski definition) is 2. The molecule has 54 heavy (non-hydrogen) atoms. The Morgan fingerprint density at radius 1 is 0.741 bits per heavy atom. The summed E-state index contributed by atoms with van der Waals surface area (Å²) >= 11 is 0. The number of rotatable bonds is 5. The van der Waals surface area contributed by atoms with E-state index in [1.807, 2.05) is 32.8 Å². The maximum absolute atomic E-state index is 15.5. The van der Waals surface area contributed by atoms with Crippen molar-refractivity contribution in [3.05, 3.63) is 128 Å². The molecule has 1 amide bonds. The lowest BCUT2D eigenvalue weighted by Crippen LogP contribution is -2.46. The Morgan fingerprint density at radius 2 is 1.31 bits per heavy atom. The van der Waals surface area contributed by atoms with Crippen LogP contribution >= 0.6 is 0 Å². The number of carbonyl (C=O) groups is 1. The van der Waals surface area contributed by atoms with E-state index in [-0.39, 0.29) is 63.6 Å². The second kappa shape index (κ2) is 12.8. The number of ether oxygens (including phenoxy) is 1. The molecule has 0 saturated carbocycles. The number of anilines is 1. The van der Waals surface area contributed by atoms with Gasteiger partial charge in [-0.25, -0.2) is 0 Å². The molecule has 0 radical (unpaired) electrons. The third kappa shape index (κ3) is 5.76. The molecule has 4 unspecified atom stereocenters. The Balaban J connectivity index is 1.31. The molecular weight excluding hydrogens is 706 g/mol. The lowest BCUT2D eigenvalue weighted by molar-refractivity contribution is -0.173. The molecule has 284 valence electrons. The van der Waals surface area contributed by atoms with E-state index in [2.05, 4.69) is 15.6 Å². The first-order chi connectivity index (χ1) is 25.2. The lowest BCUT2D eigenvalue weighted by Gasteiger charge is -2.35. The number of aryl methyl sites for hydroxylation is 2. The van der Waals surface area contributed by atoms with Crippen LogP contribution in [-0.4, -0.2) is 55.4 Å². The number of aliphatic imine (C=N–C) groups is 1. The largest absolute Gasteiger partial charge is 0.402 e. The molecule has 4 aromatic carbocycles. The SMILES string of the molecule is CNC1C(C)c2ccc([C@@](C)(c3ccc4c(c3)C(=O)Nc3cc([C@](C)(c5ccc(C)c(C)c5)C(F)(F)F)ccc3N=C4C)C(F)(F)F)cc2C2OC2N1C. The highest BCUT2D eigenvalue weighted by molar-refractivity contribution is 6.16. The minimum atomic E-state index is -4.79. The molecule has 1 saturated heterocycles. The fraction of sp³-hybridized carbons (Fsp3) is 0.381. The highest BCUT2D eigenvalue weighted by atomic mass is 19.4. The van der Waals surface area contributed by atoms with E-state index in [0.717, 1.165) is 25.0 Å². The van der Waals surface area contributed by atoms with Crippen molar-refractivity contribution in [1.29, 1.82) is 0 Å². The van der Waals surface area contributed by atoms with Gasteiger partial charge in [-0.05, 0) is 111 Å². The molecule has 0 aromatic heterocycles. The van der Waals surface area contributed by atoms with Gasteiger partial charge < -0.3 is 15.4 Å². The molecule has 3 heterocycles. The van der Waals surface area contributed by atoms with E-state index in [9.17, 15) is 4.79 Å². The number of nitrogens with zero attached hydrogens (tertiary/aromatic N) is 2. The van der Waals surface area contributed by atoms with Crippen LogP contribution in [0.25, 0.3) is 0 Å². The van der Waals surface area contributed by atoms with Gasteiger partial charge in [0, 0.05) is 22.8 Å². The van der Waals surface area contributed by atoms with Gasteiger partial charge in [-0.15, -0.1) is 0 Å². The molecular formula is C42H42F6N4O2. The van der Waals surface area contributed by atoms with Gasteiger partial charge in [-0.1, -0.05) is 61.5 Å². The number of amides is 1. The molecule has 3 aliphatic heterocycles. The van der Waals surface area contributed by atoms with Gasteiger partial charge in [-0.2, -0.15) is 26.3 Å². The Bertz CT molecular complexity index is 2210. The van der Waals surface area contributed by atoms with Crippen molar-refractivity contribution >= 4 is 23.0 Å². The van der Waals surface area contributed by atoms with Gasteiger partial charge in [0.1, 0.15) is 23.2 Å². The molecule has 0 aliphatic carbocycles. The molecule has 6 nitrogen and oxygen atoms in total. The third-order valence-electron chi connectivity index (χ3n) is 12.1. The first kappa shape index (κ1) is 37.8. The summed E-state index contributed by atoms with van der Waals surface area (Å²) in [4.78, 5) is 20.7. The van der Waals surface area contributed by atoms with Gasteiger partial charge in [0.2, 0.25) is 0 Å². The van der Waals surface area contributed by atoms with Crippen LogP contribution in [0.3, 0.4) is 0 Å². The number of carbonyl (C=O) groups excluding carboxylic acids is 1. The summed E-state index contributed by atoms with van der Waals surface area (Å²) in [5.41, 5.74) is -1.40. The van der Waals surface area contributed by atoms with Crippen molar-refractivity contribution in [3.63, 3.8) is 0 Å². The van der Waals surface area contributed by atoms with Crippen molar-refractivity contribution in [2.45, 2.75) is 89.1 Å². The number of benzene rings is 4. The normalized spacial score (nSPS) is 23.5. The fourth-order valence-corrected chi connectivity index (χ4v) is 8.20. The summed E-state index contributed by atoms with van der Waals surface area (Å²) in [6.45, 7) is 9.38. The number of halogens is 6. The highest BCUT2D eigenvalue weighted by Crippen LogP contribution is 2.53. The van der Waals surface area contributed by atoms with Crippen LogP contribution in [0.4, 0.5) is 37.7 Å². The zero-order chi connectivity index (χ0) is 39.3. The molecule has 3 aliphatic rings. The molecule has 7 rings (SSSR count). The number of alkyl halides is 6. The Kier molecular flexibility index (Phi) is 8.94. The van der Waals surface area contributed by atoms with Crippen molar-refractivity contribution in [1.82, 2.24) is 10.2 Å². The maximum atomic E-state index is 15.5. The Labute approximate surface area is 310 Å². The highest BCUT2D eigenvalue weighted by Gasteiger charge is 2.56. The molecule has 4 aromatic rings. The third-order valence-corrected chi connectivity index (χ3v) is 12.1. The van der Waals surface area contributed by atoms with E-state index >= 15 is 26.3 Å². The average Bonchev–Trinajstić information content (AvgIpc) is 3.92. The topological polar surface area (TPSA) is 69.3 Å². The predicted octanol–water partition coefficient (Wildman–Crippen LogP) is 9.74. The number of hydrogen-bond acceptors (Lipinski definition) is 5. The van der Waals surface area contributed by atoms with E-state index in [1.54, 1.807) is 32.0 Å². The average molecular weight is 749 g/mol. The minimum absolute atomic E-state index is 0.00879. The summed E-state index contributed by atoms with van der Waals surface area (Å²) in [6.07, 6.45) is -10.3. The number of epoxide rings is 1. The summed E-state index contributed by atoms with van der Waals surface area (Å²) in [7, 11) is 3.75. The quantitative estimate of drug-likeness (QED) is 0.158. The van der Waals surface area contributed by atoms with Crippen LogP contribution in [0.2, 0.25) is 0 Å². The van der Waals surface area contributed by atoms with E-state index in [4.69, 9.17) is 4.74 Å². The van der Waals surface area contributed by atoms with Crippen molar-refractivity contribution < 1.29 is 35.9 Å². The summed E-state index contributed by atoms with van der Waals surface area (Å²) in [5.74, 6) is -0.812. The van der Waals surface area contributed by atoms with Crippen LogP contribution < -0.4 is 10.6 Å². The van der Waals surface area contributed by atoms with Crippen molar-refractivity contribution in [2.75, 3.05) is 19.4 Å². The van der Waals surface area contributed by atoms with E-state index in [0.29, 0.717) is 22.4 Å². The smallest absolute Gasteiger partial charge is 0.348 e. The van der Waals surface area contributed by atoms with Crippen molar-refractivity contribution in [3.8, 4) is 0 Å². The second-order valence-electron chi connectivity index (χ2n) is 15.2. The molecule has 0 spiro atoms. The first-order valence-corrected chi connectivity index (χ1v) is 17.8. The number of likely N-dealkylation sites (N-methyl/N-ethyl adjacent to an activating group) is 2. The predicted molar refractivity (Wildman–Crippen MR) is 197 cm³/mol. The van der Waals surface area contributed by atoms with Gasteiger partial charge in [0.15, 0.2) is 0 Å². The zero-order valence-corrected chi connectivity index (χ0v) is 31.2. The molecule has 0 bridgehead atoms. The Hall–Kier alpha value is -4.52. The van der Waals surface area contributed by atoms with Crippen LogP contribution in [0, 0.1) is 13.8 Å². The lowest BCUT2D eigenvalue weighted by atomic mass is 9.73. The first-order valence-electron chi connectivity index (χ1n) is 17.8. The maximum Gasteiger partial charge on any atom is 0.402 e. The molecule has 6 atom stereocenters. The summed E-state index contributed by atoms with van der Waals surface area (Å²) in [6, 6.07) is 17.4. The molecule has 12 heteroatoms. The Morgan fingerprint density at radius 3 is 1.94 bits per heavy atom. The standard InChI is InChI=1S/C42H42F6N4O2/c1-21-9-10-25(17-22(21)2)39(5,41(43,44)45)28-13-16-33-34(20-28)51-37(53)32-19-27(12-15-30(32)24(4)50-33)40(6,42(46,47)48)26-11-14-29-23(3)36(49-7)52(8)38-35(54-38)31(29)18-26/h9-20,23,35-36,38,49H,1-8H3,(H,51,53)/t23?,35?,36?,38?,39-,40-/m0/s1. The second-order valence-corrected chi connectivity index (χ2v) is 15.2. The fourth-order valence-electron chi connectivity index (χ4n) is 8.20. The molecule has 1 fully saturated rings. The minimum Gasteiger partial charge on any atom is -0.348 e. The van der Waals surface area contributed by atoms with Crippen LogP contribution in [0.5, 0.6) is 0 Å². The van der Waals surface area contributed by atoms with Gasteiger partial charge in [0.25, 0.3) is 5.91 Å². The molecule has 2 N–H and O–H groups in total. The van der Waals surface area contributed by atoms with Gasteiger partial charge >= 0.3 is 12.4 Å². The number of fused-ring (bicyclic) bond motifs is 5.